The quantitative estimate of drug-likeness (QED) is 0.531. The van der Waals surface area contributed by atoms with E-state index in [2.05, 4.69) is 10.5 Å². The summed E-state index contributed by atoms with van der Waals surface area (Å²) in [4.78, 5) is 22.8. The number of aromatic carboxylic acids is 1. The SMILES string of the molecule is O=C(Cc1ccccc1)N/N=C\c1cccn1-c1ccc(C(=O)O)cc1. The van der Waals surface area contributed by atoms with Gasteiger partial charge in [-0.1, -0.05) is 30.3 Å². The predicted molar refractivity (Wildman–Crippen MR) is 98.6 cm³/mol. The summed E-state index contributed by atoms with van der Waals surface area (Å²) in [5.74, 6) is -1.16. The first kappa shape index (κ1) is 17.2. The molecule has 0 aliphatic heterocycles. The maximum absolute atomic E-state index is 11.9. The Morgan fingerprint density at radius 1 is 1.00 bits per heavy atom. The molecule has 0 aliphatic rings. The van der Waals surface area contributed by atoms with Gasteiger partial charge in [0.2, 0.25) is 5.91 Å². The fraction of sp³-hybridized carbons (Fsp3) is 0.0500. The van der Waals surface area contributed by atoms with Crippen LogP contribution in [0, 0.1) is 0 Å². The standard InChI is InChI=1S/C20H17N3O3/c24-19(13-15-5-2-1-3-6-15)22-21-14-18-7-4-12-23(18)17-10-8-16(9-11-17)20(25)26/h1-12,14H,13H2,(H,22,24)(H,25,26)/b21-14-. The van der Waals surface area contributed by atoms with Gasteiger partial charge in [-0.25, -0.2) is 10.2 Å². The third-order valence-electron chi connectivity index (χ3n) is 3.77. The normalized spacial score (nSPS) is 10.8. The number of hydrogen-bond acceptors (Lipinski definition) is 3. The summed E-state index contributed by atoms with van der Waals surface area (Å²) in [7, 11) is 0. The van der Waals surface area contributed by atoms with Crippen molar-refractivity contribution in [3.63, 3.8) is 0 Å². The van der Waals surface area contributed by atoms with Crippen LogP contribution in [0.15, 0.2) is 78.0 Å². The van der Waals surface area contributed by atoms with Gasteiger partial charge in [0.25, 0.3) is 0 Å². The van der Waals surface area contributed by atoms with E-state index < -0.39 is 5.97 Å². The molecule has 0 fully saturated rings. The molecule has 2 aromatic carbocycles. The van der Waals surface area contributed by atoms with Crippen molar-refractivity contribution in [3.05, 3.63) is 89.7 Å². The van der Waals surface area contributed by atoms with Crippen LogP contribution in [-0.2, 0) is 11.2 Å². The van der Waals surface area contributed by atoms with Crippen LogP contribution in [0.25, 0.3) is 5.69 Å². The zero-order chi connectivity index (χ0) is 18.4. The minimum atomic E-state index is -0.966. The molecule has 0 unspecified atom stereocenters. The number of amides is 1. The highest BCUT2D eigenvalue weighted by atomic mass is 16.4. The summed E-state index contributed by atoms with van der Waals surface area (Å²) in [6.07, 6.45) is 3.65. The molecule has 0 spiro atoms. The number of rotatable bonds is 6. The van der Waals surface area contributed by atoms with E-state index in [9.17, 15) is 9.59 Å². The molecule has 6 nitrogen and oxygen atoms in total. The van der Waals surface area contributed by atoms with Crippen molar-refractivity contribution < 1.29 is 14.7 Å². The number of carbonyl (C=O) groups excluding carboxylic acids is 1. The largest absolute Gasteiger partial charge is 0.478 e. The van der Waals surface area contributed by atoms with Crippen molar-refractivity contribution in [2.24, 2.45) is 5.10 Å². The Morgan fingerprint density at radius 2 is 1.73 bits per heavy atom. The molecule has 0 radical (unpaired) electrons. The number of nitrogens with one attached hydrogen (secondary N) is 1. The molecule has 1 aromatic heterocycles. The van der Waals surface area contributed by atoms with E-state index in [1.807, 2.05) is 53.2 Å². The number of carboxylic acids is 1. The molecule has 0 bridgehead atoms. The molecule has 0 saturated heterocycles. The summed E-state index contributed by atoms with van der Waals surface area (Å²) in [5, 5.41) is 13.0. The van der Waals surface area contributed by atoms with Gasteiger partial charge in [0.15, 0.2) is 0 Å². The third kappa shape index (κ3) is 4.24. The van der Waals surface area contributed by atoms with Crippen molar-refractivity contribution in [2.45, 2.75) is 6.42 Å². The maximum Gasteiger partial charge on any atom is 0.335 e. The zero-order valence-electron chi connectivity index (χ0n) is 13.9. The van der Waals surface area contributed by atoms with E-state index in [0.29, 0.717) is 0 Å². The second-order valence-electron chi connectivity index (χ2n) is 5.61. The van der Waals surface area contributed by atoms with Crippen LogP contribution in [0.4, 0.5) is 0 Å². The third-order valence-corrected chi connectivity index (χ3v) is 3.77. The Bertz CT molecular complexity index is 928. The fourth-order valence-corrected chi connectivity index (χ4v) is 2.49. The van der Waals surface area contributed by atoms with Crippen LogP contribution >= 0.6 is 0 Å². The Balaban J connectivity index is 1.66. The van der Waals surface area contributed by atoms with E-state index in [4.69, 9.17) is 5.11 Å². The van der Waals surface area contributed by atoms with Gasteiger partial charge >= 0.3 is 5.97 Å². The molecule has 1 heterocycles. The molecule has 0 saturated carbocycles. The van der Waals surface area contributed by atoms with Gasteiger partial charge in [0, 0.05) is 11.9 Å². The first-order valence-electron chi connectivity index (χ1n) is 8.00. The van der Waals surface area contributed by atoms with E-state index >= 15 is 0 Å². The van der Waals surface area contributed by atoms with Crippen molar-refractivity contribution in [3.8, 4) is 5.69 Å². The highest BCUT2D eigenvalue weighted by Crippen LogP contribution is 2.13. The molecule has 0 aliphatic carbocycles. The van der Waals surface area contributed by atoms with Gasteiger partial charge < -0.3 is 9.67 Å². The Kier molecular flexibility index (Phi) is 5.24. The molecular weight excluding hydrogens is 330 g/mol. The average molecular weight is 347 g/mol. The molecular formula is C20H17N3O3. The van der Waals surface area contributed by atoms with Crippen molar-refractivity contribution in [1.82, 2.24) is 9.99 Å². The van der Waals surface area contributed by atoms with Gasteiger partial charge in [0.1, 0.15) is 0 Å². The lowest BCUT2D eigenvalue weighted by Crippen LogP contribution is -2.19. The molecule has 130 valence electrons. The van der Waals surface area contributed by atoms with Gasteiger partial charge in [-0.15, -0.1) is 0 Å². The fourth-order valence-electron chi connectivity index (χ4n) is 2.49. The van der Waals surface area contributed by atoms with Crippen molar-refractivity contribution in [2.75, 3.05) is 0 Å². The van der Waals surface area contributed by atoms with Gasteiger partial charge in [0.05, 0.1) is 23.9 Å². The molecule has 6 heteroatoms. The Labute approximate surface area is 150 Å². The molecule has 26 heavy (non-hydrogen) atoms. The number of nitrogens with zero attached hydrogens (tertiary/aromatic N) is 2. The summed E-state index contributed by atoms with van der Waals surface area (Å²) in [5.41, 5.74) is 5.22. The van der Waals surface area contributed by atoms with Crippen LogP contribution in [0.1, 0.15) is 21.6 Å². The second-order valence-corrected chi connectivity index (χ2v) is 5.61. The first-order valence-corrected chi connectivity index (χ1v) is 8.00. The van der Waals surface area contributed by atoms with Crippen LogP contribution in [0.2, 0.25) is 0 Å². The highest BCUT2D eigenvalue weighted by molar-refractivity contribution is 5.88. The van der Waals surface area contributed by atoms with Gasteiger partial charge in [-0.05, 0) is 42.0 Å². The smallest absolute Gasteiger partial charge is 0.335 e. The number of benzene rings is 2. The minimum Gasteiger partial charge on any atom is -0.478 e. The van der Waals surface area contributed by atoms with Gasteiger partial charge in [-0.3, -0.25) is 4.79 Å². The zero-order valence-corrected chi connectivity index (χ0v) is 13.9. The number of carbonyl (C=O) groups is 2. The first-order chi connectivity index (χ1) is 12.6. The predicted octanol–water partition coefficient (Wildman–Crippen LogP) is 2.87. The van der Waals surface area contributed by atoms with Gasteiger partial charge in [-0.2, -0.15) is 5.10 Å². The molecule has 3 rings (SSSR count). The lowest BCUT2D eigenvalue weighted by molar-refractivity contribution is -0.120. The van der Waals surface area contributed by atoms with Crippen LogP contribution in [0.5, 0.6) is 0 Å². The highest BCUT2D eigenvalue weighted by Gasteiger charge is 2.05. The van der Waals surface area contributed by atoms with Crippen molar-refractivity contribution >= 4 is 18.1 Å². The van der Waals surface area contributed by atoms with E-state index in [-0.39, 0.29) is 17.9 Å². The van der Waals surface area contributed by atoms with Crippen LogP contribution < -0.4 is 5.43 Å². The number of carboxylic acid groups (broad SMARTS) is 1. The minimum absolute atomic E-state index is 0.198. The summed E-state index contributed by atoms with van der Waals surface area (Å²) < 4.78 is 1.85. The molecule has 2 N–H and O–H groups in total. The van der Waals surface area contributed by atoms with Crippen molar-refractivity contribution in [1.29, 1.82) is 0 Å². The topological polar surface area (TPSA) is 83.7 Å². The maximum atomic E-state index is 11.9. The van der Waals surface area contributed by atoms with Crippen LogP contribution in [-0.4, -0.2) is 27.8 Å². The lowest BCUT2D eigenvalue weighted by Gasteiger charge is -2.06. The summed E-state index contributed by atoms with van der Waals surface area (Å²) >= 11 is 0. The number of hydrogen-bond donors (Lipinski definition) is 2. The Hall–Kier alpha value is -3.67. The van der Waals surface area contributed by atoms with E-state index in [1.165, 1.54) is 0 Å². The van der Waals surface area contributed by atoms with E-state index in [0.717, 1.165) is 16.9 Å². The average Bonchev–Trinajstić information content (AvgIpc) is 3.11. The molecule has 1 amide bonds. The lowest BCUT2D eigenvalue weighted by atomic mass is 10.1. The number of hydrazone groups is 1. The number of aromatic nitrogens is 1. The monoisotopic (exact) mass is 347 g/mol. The second kappa shape index (κ2) is 7.94. The van der Waals surface area contributed by atoms with Crippen LogP contribution in [0.3, 0.4) is 0 Å². The molecule has 0 atom stereocenters. The summed E-state index contributed by atoms with van der Waals surface area (Å²) in [6.45, 7) is 0. The van der Waals surface area contributed by atoms with E-state index in [1.54, 1.807) is 30.5 Å². The summed E-state index contributed by atoms with van der Waals surface area (Å²) in [6, 6.07) is 19.6. The molecule has 3 aromatic rings. The Morgan fingerprint density at radius 3 is 2.42 bits per heavy atom.